The van der Waals surface area contributed by atoms with Crippen LogP contribution in [0.15, 0.2) is 42.6 Å². The second-order valence-corrected chi connectivity index (χ2v) is 7.35. The predicted molar refractivity (Wildman–Crippen MR) is 120 cm³/mol. The van der Waals surface area contributed by atoms with Crippen LogP contribution in [-0.4, -0.2) is 61.6 Å². The molecule has 0 aliphatic carbocycles. The number of aromatic nitrogens is 1. The fourth-order valence-electron chi connectivity index (χ4n) is 3.70. The Bertz CT molecular complexity index is 763. The van der Waals surface area contributed by atoms with Crippen molar-refractivity contribution in [1.82, 2.24) is 15.2 Å². The second kappa shape index (κ2) is 10.3. The van der Waals surface area contributed by atoms with Gasteiger partial charge in [0.1, 0.15) is 5.82 Å². The molecule has 0 unspecified atom stereocenters. The van der Waals surface area contributed by atoms with E-state index in [1.165, 1.54) is 0 Å². The number of amides is 1. The number of benzene rings is 1. The number of carbonyl (C=O) groups is 1. The number of likely N-dealkylation sites (N-methyl/N-ethyl adjacent to an activating group) is 1. The van der Waals surface area contributed by atoms with Gasteiger partial charge in [0.25, 0.3) is 5.91 Å². The molecule has 0 bridgehead atoms. The van der Waals surface area contributed by atoms with Crippen LogP contribution in [0.2, 0.25) is 0 Å². The van der Waals surface area contributed by atoms with E-state index in [1.807, 2.05) is 30.5 Å². The van der Waals surface area contributed by atoms with Crippen LogP contribution in [0.5, 0.6) is 0 Å². The Labute approximate surface area is 174 Å². The molecule has 6 heteroatoms. The normalized spacial score (nSPS) is 14.7. The summed E-state index contributed by atoms with van der Waals surface area (Å²) in [5.74, 6) is 0.957. The van der Waals surface area contributed by atoms with Crippen molar-refractivity contribution >= 4 is 17.4 Å². The van der Waals surface area contributed by atoms with E-state index in [-0.39, 0.29) is 5.91 Å². The van der Waals surface area contributed by atoms with E-state index in [0.717, 1.165) is 62.9 Å². The molecule has 1 aromatic heterocycles. The van der Waals surface area contributed by atoms with Crippen molar-refractivity contribution in [3.8, 4) is 0 Å². The number of carbonyl (C=O) groups excluding carboxylic acids is 1. The van der Waals surface area contributed by atoms with Crippen LogP contribution >= 0.6 is 0 Å². The molecule has 1 amide bonds. The van der Waals surface area contributed by atoms with E-state index >= 15 is 0 Å². The molecular formula is C23H33N5O. The average molecular weight is 396 g/mol. The maximum atomic E-state index is 12.5. The van der Waals surface area contributed by atoms with Gasteiger partial charge < -0.3 is 20.0 Å². The molecule has 156 valence electrons. The number of hydrogen-bond acceptors (Lipinski definition) is 5. The van der Waals surface area contributed by atoms with Gasteiger partial charge in [0, 0.05) is 63.3 Å². The molecule has 1 aliphatic heterocycles. The van der Waals surface area contributed by atoms with E-state index in [1.54, 1.807) is 0 Å². The molecular weight excluding hydrogens is 362 g/mol. The first kappa shape index (κ1) is 21.1. The standard InChI is InChI=1S/C23H33N5O/c1-4-26-13-15-28(16-14-26)22-12-7-19(17-24-22)18-25-23(29)20-8-10-21(11-9-20)27(5-2)6-3/h7-12,17H,4-6,13-16,18H2,1-3H3,(H,25,29). The van der Waals surface area contributed by atoms with Crippen molar-refractivity contribution in [2.45, 2.75) is 27.3 Å². The highest BCUT2D eigenvalue weighted by atomic mass is 16.1. The number of rotatable bonds is 8. The lowest BCUT2D eigenvalue weighted by molar-refractivity contribution is 0.0951. The maximum Gasteiger partial charge on any atom is 0.251 e. The second-order valence-electron chi connectivity index (χ2n) is 7.35. The lowest BCUT2D eigenvalue weighted by Crippen LogP contribution is -2.46. The third kappa shape index (κ3) is 5.48. The minimum atomic E-state index is -0.0594. The molecule has 29 heavy (non-hydrogen) atoms. The van der Waals surface area contributed by atoms with Crippen LogP contribution in [0.3, 0.4) is 0 Å². The number of nitrogens with one attached hydrogen (secondary N) is 1. The monoisotopic (exact) mass is 395 g/mol. The first-order chi connectivity index (χ1) is 14.1. The van der Waals surface area contributed by atoms with Gasteiger partial charge >= 0.3 is 0 Å². The Morgan fingerprint density at radius 1 is 1.00 bits per heavy atom. The predicted octanol–water partition coefficient (Wildman–Crippen LogP) is 3.00. The first-order valence-electron chi connectivity index (χ1n) is 10.7. The SMILES string of the molecule is CCN1CCN(c2ccc(CNC(=O)c3ccc(N(CC)CC)cc3)cn2)CC1. The fourth-order valence-corrected chi connectivity index (χ4v) is 3.70. The quantitative estimate of drug-likeness (QED) is 0.745. The number of pyridine rings is 1. The fraction of sp³-hybridized carbons (Fsp3) is 0.478. The molecule has 0 saturated carbocycles. The Morgan fingerprint density at radius 3 is 2.24 bits per heavy atom. The minimum Gasteiger partial charge on any atom is -0.372 e. The van der Waals surface area contributed by atoms with Gasteiger partial charge in [-0.3, -0.25) is 4.79 Å². The topological polar surface area (TPSA) is 51.7 Å². The van der Waals surface area contributed by atoms with Gasteiger partial charge in [-0.25, -0.2) is 4.98 Å². The molecule has 1 fully saturated rings. The summed E-state index contributed by atoms with van der Waals surface area (Å²) in [6.07, 6.45) is 1.87. The summed E-state index contributed by atoms with van der Waals surface area (Å²) in [7, 11) is 0. The lowest BCUT2D eigenvalue weighted by Gasteiger charge is -2.34. The van der Waals surface area contributed by atoms with Crippen molar-refractivity contribution in [3.05, 3.63) is 53.7 Å². The van der Waals surface area contributed by atoms with Crippen LogP contribution in [0, 0.1) is 0 Å². The van der Waals surface area contributed by atoms with Crippen molar-refractivity contribution in [2.24, 2.45) is 0 Å². The van der Waals surface area contributed by atoms with E-state index in [0.29, 0.717) is 12.1 Å². The summed E-state index contributed by atoms with van der Waals surface area (Å²) in [5.41, 5.74) is 2.83. The Hall–Kier alpha value is -2.60. The zero-order chi connectivity index (χ0) is 20.6. The zero-order valence-corrected chi connectivity index (χ0v) is 17.9. The molecule has 1 saturated heterocycles. The van der Waals surface area contributed by atoms with E-state index in [4.69, 9.17) is 0 Å². The lowest BCUT2D eigenvalue weighted by atomic mass is 10.1. The summed E-state index contributed by atoms with van der Waals surface area (Å²) >= 11 is 0. The summed E-state index contributed by atoms with van der Waals surface area (Å²) in [6.45, 7) is 14.2. The van der Waals surface area contributed by atoms with E-state index < -0.39 is 0 Å². The van der Waals surface area contributed by atoms with Gasteiger partial charge in [0.2, 0.25) is 0 Å². The van der Waals surface area contributed by atoms with Crippen molar-refractivity contribution < 1.29 is 4.79 Å². The summed E-state index contributed by atoms with van der Waals surface area (Å²) in [5, 5.41) is 2.99. The minimum absolute atomic E-state index is 0.0594. The summed E-state index contributed by atoms with van der Waals surface area (Å²) in [6, 6.07) is 11.9. The molecule has 3 rings (SSSR count). The molecule has 0 atom stereocenters. The van der Waals surface area contributed by atoms with Gasteiger partial charge in [-0.05, 0) is 56.3 Å². The van der Waals surface area contributed by atoms with Crippen LogP contribution in [0.25, 0.3) is 0 Å². The highest BCUT2D eigenvalue weighted by Crippen LogP contribution is 2.16. The molecule has 2 heterocycles. The van der Waals surface area contributed by atoms with Crippen molar-refractivity contribution in [2.75, 3.05) is 55.6 Å². The summed E-state index contributed by atoms with van der Waals surface area (Å²) < 4.78 is 0. The van der Waals surface area contributed by atoms with Gasteiger partial charge in [-0.15, -0.1) is 0 Å². The molecule has 1 aromatic carbocycles. The first-order valence-corrected chi connectivity index (χ1v) is 10.7. The number of hydrogen-bond donors (Lipinski definition) is 1. The van der Waals surface area contributed by atoms with Crippen molar-refractivity contribution in [3.63, 3.8) is 0 Å². The Morgan fingerprint density at radius 2 is 1.69 bits per heavy atom. The Kier molecular flexibility index (Phi) is 7.47. The molecule has 0 radical (unpaired) electrons. The summed E-state index contributed by atoms with van der Waals surface area (Å²) in [4.78, 5) is 24.1. The molecule has 1 N–H and O–H groups in total. The van der Waals surface area contributed by atoms with Crippen LogP contribution in [0.4, 0.5) is 11.5 Å². The smallest absolute Gasteiger partial charge is 0.251 e. The molecule has 0 spiro atoms. The Balaban J connectivity index is 1.51. The highest BCUT2D eigenvalue weighted by molar-refractivity contribution is 5.94. The maximum absolute atomic E-state index is 12.5. The van der Waals surface area contributed by atoms with E-state index in [2.05, 4.69) is 57.9 Å². The average Bonchev–Trinajstić information content (AvgIpc) is 2.79. The molecule has 2 aromatic rings. The van der Waals surface area contributed by atoms with E-state index in [9.17, 15) is 4.79 Å². The van der Waals surface area contributed by atoms with Crippen LogP contribution < -0.4 is 15.1 Å². The third-order valence-corrected chi connectivity index (χ3v) is 5.66. The zero-order valence-electron chi connectivity index (χ0n) is 17.9. The number of anilines is 2. The van der Waals surface area contributed by atoms with Gasteiger partial charge in [-0.1, -0.05) is 13.0 Å². The van der Waals surface area contributed by atoms with Crippen LogP contribution in [0.1, 0.15) is 36.7 Å². The number of nitrogens with zero attached hydrogens (tertiary/aromatic N) is 4. The largest absolute Gasteiger partial charge is 0.372 e. The van der Waals surface area contributed by atoms with Gasteiger partial charge in [0.05, 0.1) is 0 Å². The van der Waals surface area contributed by atoms with Gasteiger partial charge in [-0.2, -0.15) is 0 Å². The highest BCUT2D eigenvalue weighted by Gasteiger charge is 2.16. The van der Waals surface area contributed by atoms with Crippen LogP contribution in [-0.2, 0) is 6.54 Å². The molecule has 1 aliphatic rings. The molecule has 6 nitrogen and oxygen atoms in total. The van der Waals surface area contributed by atoms with Gasteiger partial charge in [0.15, 0.2) is 0 Å². The third-order valence-electron chi connectivity index (χ3n) is 5.66. The number of piperazine rings is 1. The van der Waals surface area contributed by atoms with Crippen molar-refractivity contribution in [1.29, 1.82) is 0 Å².